The number of hydrogen-bond acceptors (Lipinski definition) is 5. The molecule has 0 aliphatic rings. The van der Waals surface area contributed by atoms with Crippen molar-refractivity contribution in [2.24, 2.45) is 0 Å². The van der Waals surface area contributed by atoms with Gasteiger partial charge in [-0.1, -0.05) is 6.92 Å². The summed E-state index contributed by atoms with van der Waals surface area (Å²) in [5, 5.41) is 2.92. The molecular formula is C15H24N2O4. The number of rotatable bonds is 6. The molecule has 118 valence electrons. The number of esters is 1. The van der Waals surface area contributed by atoms with E-state index in [0.29, 0.717) is 18.8 Å². The molecule has 0 aliphatic carbocycles. The second kappa shape index (κ2) is 7.26. The highest BCUT2D eigenvalue weighted by molar-refractivity contribution is 5.86. The highest BCUT2D eigenvalue weighted by Gasteiger charge is 2.18. The van der Waals surface area contributed by atoms with Crippen LogP contribution >= 0.6 is 0 Å². The molecule has 0 aliphatic heterocycles. The van der Waals surface area contributed by atoms with E-state index < -0.39 is 5.97 Å². The topological polar surface area (TPSA) is 71.8 Å². The van der Waals surface area contributed by atoms with Crippen molar-refractivity contribution < 1.29 is 18.7 Å². The Morgan fingerprint density at radius 3 is 2.52 bits per heavy atom. The quantitative estimate of drug-likeness (QED) is 0.811. The van der Waals surface area contributed by atoms with Crippen LogP contribution in [0.15, 0.2) is 16.5 Å². The van der Waals surface area contributed by atoms with Crippen molar-refractivity contribution in [1.29, 1.82) is 0 Å². The van der Waals surface area contributed by atoms with Crippen LogP contribution in [-0.2, 0) is 16.1 Å². The van der Waals surface area contributed by atoms with Gasteiger partial charge in [0.1, 0.15) is 5.76 Å². The average Bonchev–Trinajstić information content (AvgIpc) is 2.83. The lowest BCUT2D eigenvalue weighted by atomic mass is 10.1. The lowest BCUT2D eigenvalue weighted by Crippen LogP contribution is -2.45. The van der Waals surface area contributed by atoms with Crippen LogP contribution in [0, 0.1) is 0 Å². The standard InChI is InChI=1S/C15H24N2O4/c1-6-17(10-13(18)16-15(2,3)4)9-11-7-8-12(21-11)14(19)20-5/h7-8H,6,9-10H2,1-5H3,(H,16,18). The molecule has 0 bridgehead atoms. The van der Waals surface area contributed by atoms with Crippen LogP contribution in [0.1, 0.15) is 44.0 Å². The van der Waals surface area contributed by atoms with E-state index in [2.05, 4.69) is 10.1 Å². The van der Waals surface area contributed by atoms with E-state index >= 15 is 0 Å². The van der Waals surface area contributed by atoms with Crippen LogP contribution < -0.4 is 5.32 Å². The summed E-state index contributed by atoms with van der Waals surface area (Å²) in [6.07, 6.45) is 0. The molecule has 0 saturated heterocycles. The maximum Gasteiger partial charge on any atom is 0.373 e. The summed E-state index contributed by atoms with van der Waals surface area (Å²) >= 11 is 0. The van der Waals surface area contributed by atoms with Crippen molar-refractivity contribution in [3.63, 3.8) is 0 Å². The van der Waals surface area contributed by atoms with Gasteiger partial charge in [0.25, 0.3) is 0 Å². The number of ether oxygens (including phenoxy) is 1. The fraction of sp³-hybridized carbons (Fsp3) is 0.600. The summed E-state index contributed by atoms with van der Waals surface area (Å²) in [5.74, 6) is 0.252. The lowest BCUT2D eigenvalue weighted by molar-refractivity contribution is -0.123. The maximum atomic E-state index is 11.9. The predicted octanol–water partition coefficient (Wildman–Crippen LogP) is 1.80. The number of furan rings is 1. The van der Waals surface area contributed by atoms with Crippen molar-refractivity contribution in [3.05, 3.63) is 23.7 Å². The molecule has 1 aromatic rings. The van der Waals surface area contributed by atoms with E-state index in [4.69, 9.17) is 4.42 Å². The molecule has 1 amide bonds. The Bertz CT molecular complexity index is 488. The Kier molecular flexibility index (Phi) is 5.96. The van der Waals surface area contributed by atoms with E-state index in [-0.39, 0.29) is 23.8 Å². The first kappa shape index (κ1) is 17.2. The third-order valence-corrected chi connectivity index (χ3v) is 2.76. The highest BCUT2D eigenvalue weighted by Crippen LogP contribution is 2.11. The van der Waals surface area contributed by atoms with Crippen LogP contribution in [0.25, 0.3) is 0 Å². The minimum absolute atomic E-state index is 0.0379. The third-order valence-electron chi connectivity index (χ3n) is 2.76. The smallest absolute Gasteiger partial charge is 0.373 e. The molecule has 0 fully saturated rings. The fourth-order valence-corrected chi connectivity index (χ4v) is 1.83. The summed E-state index contributed by atoms with van der Waals surface area (Å²) < 4.78 is 9.99. The van der Waals surface area contributed by atoms with Gasteiger partial charge in [0, 0.05) is 5.54 Å². The molecule has 1 aromatic heterocycles. The second-order valence-electron chi connectivity index (χ2n) is 5.86. The molecule has 0 saturated carbocycles. The Hall–Kier alpha value is -1.82. The summed E-state index contributed by atoms with van der Waals surface area (Å²) in [4.78, 5) is 25.2. The molecule has 6 heteroatoms. The number of amides is 1. The van der Waals surface area contributed by atoms with Gasteiger partial charge in [-0.2, -0.15) is 0 Å². The van der Waals surface area contributed by atoms with Gasteiger partial charge in [0.2, 0.25) is 11.7 Å². The van der Waals surface area contributed by atoms with Crippen molar-refractivity contribution in [1.82, 2.24) is 10.2 Å². The summed E-state index contributed by atoms with van der Waals surface area (Å²) in [6, 6.07) is 3.29. The molecule has 6 nitrogen and oxygen atoms in total. The molecule has 0 unspecified atom stereocenters. The normalized spacial score (nSPS) is 11.5. The van der Waals surface area contributed by atoms with Gasteiger partial charge in [0.05, 0.1) is 20.2 Å². The van der Waals surface area contributed by atoms with Gasteiger partial charge >= 0.3 is 5.97 Å². The van der Waals surface area contributed by atoms with Crippen LogP contribution in [0.3, 0.4) is 0 Å². The largest absolute Gasteiger partial charge is 0.463 e. The van der Waals surface area contributed by atoms with Crippen LogP contribution in [0.4, 0.5) is 0 Å². The van der Waals surface area contributed by atoms with Gasteiger partial charge < -0.3 is 14.5 Å². The summed E-state index contributed by atoms with van der Waals surface area (Å²) in [7, 11) is 1.31. The zero-order valence-electron chi connectivity index (χ0n) is 13.4. The van der Waals surface area contributed by atoms with Crippen molar-refractivity contribution in [2.45, 2.75) is 39.8 Å². The van der Waals surface area contributed by atoms with Crippen LogP contribution in [0.5, 0.6) is 0 Å². The van der Waals surface area contributed by atoms with Crippen LogP contribution in [-0.4, -0.2) is 42.5 Å². The molecule has 1 N–H and O–H groups in total. The first-order valence-electron chi connectivity index (χ1n) is 6.95. The fourth-order valence-electron chi connectivity index (χ4n) is 1.83. The molecular weight excluding hydrogens is 272 g/mol. The summed E-state index contributed by atoms with van der Waals surface area (Å²) in [6.45, 7) is 9.23. The number of nitrogens with one attached hydrogen (secondary N) is 1. The van der Waals surface area contributed by atoms with Crippen molar-refractivity contribution in [3.8, 4) is 0 Å². The SMILES string of the molecule is CCN(CC(=O)NC(C)(C)C)Cc1ccc(C(=O)OC)o1. The Morgan fingerprint density at radius 1 is 1.33 bits per heavy atom. The van der Waals surface area contributed by atoms with E-state index in [0.717, 1.165) is 0 Å². The first-order chi connectivity index (χ1) is 9.75. The molecule has 0 atom stereocenters. The second-order valence-corrected chi connectivity index (χ2v) is 5.86. The van der Waals surface area contributed by atoms with Gasteiger partial charge in [-0.05, 0) is 39.4 Å². The minimum Gasteiger partial charge on any atom is -0.463 e. The first-order valence-corrected chi connectivity index (χ1v) is 6.95. The van der Waals surface area contributed by atoms with E-state index in [1.54, 1.807) is 12.1 Å². The monoisotopic (exact) mass is 296 g/mol. The van der Waals surface area contributed by atoms with Crippen molar-refractivity contribution in [2.75, 3.05) is 20.2 Å². The van der Waals surface area contributed by atoms with Gasteiger partial charge in [-0.15, -0.1) is 0 Å². The average molecular weight is 296 g/mol. The van der Waals surface area contributed by atoms with Gasteiger partial charge in [-0.25, -0.2) is 4.79 Å². The maximum absolute atomic E-state index is 11.9. The molecule has 0 spiro atoms. The predicted molar refractivity (Wildman–Crippen MR) is 78.9 cm³/mol. The number of carbonyl (C=O) groups is 2. The molecule has 21 heavy (non-hydrogen) atoms. The highest BCUT2D eigenvalue weighted by atomic mass is 16.5. The number of hydrogen-bond donors (Lipinski definition) is 1. The third kappa shape index (κ3) is 5.99. The molecule has 0 aromatic carbocycles. The Labute approximate surface area is 125 Å². The summed E-state index contributed by atoms with van der Waals surface area (Å²) in [5.41, 5.74) is -0.251. The lowest BCUT2D eigenvalue weighted by Gasteiger charge is -2.24. The zero-order valence-corrected chi connectivity index (χ0v) is 13.4. The van der Waals surface area contributed by atoms with Crippen LogP contribution in [0.2, 0.25) is 0 Å². The number of methoxy groups -OCH3 is 1. The van der Waals surface area contributed by atoms with E-state index in [9.17, 15) is 9.59 Å². The number of likely N-dealkylation sites (N-methyl/N-ethyl adjacent to an activating group) is 1. The van der Waals surface area contributed by atoms with Gasteiger partial charge in [0.15, 0.2) is 0 Å². The minimum atomic E-state index is -0.505. The Morgan fingerprint density at radius 2 is 2.00 bits per heavy atom. The molecule has 0 radical (unpaired) electrons. The van der Waals surface area contributed by atoms with E-state index in [1.165, 1.54) is 7.11 Å². The number of carbonyl (C=O) groups excluding carboxylic acids is 2. The Balaban J connectivity index is 2.60. The van der Waals surface area contributed by atoms with Gasteiger partial charge in [-0.3, -0.25) is 9.69 Å². The molecule has 1 heterocycles. The number of nitrogens with zero attached hydrogens (tertiary/aromatic N) is 1. The molecule has 1 rings (SSSR count). The zero-order chi connectivity index (χ0) is 16.0. The van der Waals surface area contributed by atoms with E-state index in [1.807, 2.05) is 32.6 Å². The van der Waals surface area contributed by atoms with Crippen molar-refractivity contribution >= 4 is 11.9 Å².